The van der Waals surface area contributed by atoms with Crippen LogP contribution in [0.25, 0.3) is 0 Å². The van der Waals surface area contributed by atoms with Crippen molar-refractivity contribution < 1.29 is 5.11 Å². The summed E-state index contributed by atoms with van der Waals surface area (Å²) in [4.78, 5) is 2.46. The van der Waals surface area contributed by atoms with Crippen LogP contribution in [0.3, 0.4) is 0 Å². The van der Waals surface area contributed by atoms with E-state index in [0.717, 1.165) is 25.9 Å². The Morgan fingerprint density at radius 1 is 1.53 bits per heavy atom. The number of rotatable bonds is 4. The van der Waals surface area contributed by atoms with Crippen LogP contribution in [0.2, 0.25) is 0 Å². The molecule has 17 heavy (non-hydrogen) atoms. The van der Waals surface area contributed by atoms with Crippen molar-refractivity contribution in [3.8, 4) is 0 Å². The van der Waals surface area contributed by atoms with Gasteiger partial charge in [0.2, 0.25) is 0 Å². The Labute approximate surface area is 107 Å². The van der Waals surface area contributed by atoms with Crippen LogP contribution in [0.4, 0.5) is 0 Å². The first-order chi connectivity index (χ1) is 8.22. The quantitative estimate of drug-likeness (QED) is 0.862. The van der Waals surface area contributed by atoms with Gasteiger partial charge in [-0.15, -0.1) is 0 Å². The molecule has 0 aromatic carbocycles. The fourth-order valence-corrected chi connectivity index (χ4v) is 3.38. The maximum atomic E-state index is 9.60. The SMILES string of the molecule is CC(O)C1CCN(C(CN)c2ccsc2)CC1. The average molecular weight is 254 g/mol. The third kappa shape index (κ3) is 3.07. The summed E-state index contributed by atoms with van der Waals surface area (Å²) in [6.45, 7) is 4.68. The number of thiophene rings is 1. The molecule has 3 nitrogen and oxygen atoms in total. The summed E-state index contributed by atoms with van der Waals surface area (Å²) in [7, 11) is 0. The molecule has 96 valence electrons. The van der Waals surface area contributed by atoms with E-state index >= 15 is 0 Å². The van der Waals surface area contributed by atoms with Crippen molar-refractivity contribution >= 4 is 11.3 Å². The summed E-state index contributed by atoms with van der Waals surface area (Å²) in [5.41, 5.74) is 7.24. The maximum Gasteiger partial charge on any atom is 0.0541 e. The largest absolute Gasteiger partial charge is 0.393 e. The van der Waals surface area contributed by atoms with Gasteiger partial charge in [0, 0.05) is 12.6 Å². The predicted molar refractivity (Wildman–Crippen MR) is 72.1 cm³/mol. The van der Waals surface area contributed by atoms with Gasteiger partial charge in [-0.25, -0.2) is 0 Å². The van der Waals surface area contributed by atoms with Gasteiger partial charge >= 0.3 is 0 Å². The zero-order valence-electron chi connectivity index (χ0n) is 10.4. The van der Waals surface area contributed by atoms with Crippen LogP contribution in [-0.2, 0) is 0 Å². The zero-order valence-corrected chi connectivity index (χ0v) is 11.2. The Morgan fingerprint density at radius 2 is 2.24 bits per heavy atom. The van der Waals surface area contributed by atoms with Crippen molar-refractivity contribution in [3.05, 3.63) is 22.4 Å². The van der Waals surface area contributed by atoms with Gasteiger partial charge in [0.05, 0.1) is 6.10 Å². The second-order valence-corrected chi connectivity index (χ2v) is 5.70. The molecular weight excluding hydrogens is 232 g/mol. The molecule has 1 fully saturated rings. The molecule has 1 saturated heterocycles. The Kier molecular flexibility index (Phi) is 4.56. The molecule has 0 aliphatic carbocycles. The van der Waals surface area contributed by atoms with Crippen LogP contribution in [0.5, 0.6) is 0 Å². The number of nitrogens with two attached hydrogens (primary N) is 1. The Balaban J connectivity index is 1.95. The first kappa shape index (κ1) is 13.0. The normalized spacial score (nSPS) is 22.5. The molecule has 0 saturated carbocycles. The summed E-state index contributed by atoms with van der Waals surface area (Å²) < 4.78 is 0. The van der Waals surface area contributed by atoms with Crippen LogP contribution >= 0.6 is 11.3 Å². The standard InChI is InChI=1S/C13H22N2OS/c1-10(16)11-2-5-15(6-3-11)13(8-14)12-4-7-17-9-12/h4,7,9-11,13,16H,2-3,5-6,8,14H2,1H3. The Morgan fingerprint density at radius 3 is 2.71 bits per heavy atom. The number of hydrogen-bond donors (Lipinski definition) is 2. The number of nitrogens with zero attached hydrogens (tertiary/aromatic N) is 1. The summed E-state index contributed by atoms with van der Waals surface area (Å²) in [6, 6.07) is 2.53. The summed E-state index contributed by atoms with van der Waals surface area (Å²) in [5, 5.41) is 13.9. The third-order valence-corrected chi connectivity index (χ3v) is 4.55. The highest BCUT2D eigenvalue weighted by Crippen LogP contribution is 2.28. The van der Waals surface area contributed by atoms with E-state index in [-0.39, 0.29) is 6.10 Å². The minimum Gasteiger partial charge on any atom is -0.393 e. The first-order valence-corrected chi connectivity index (χ1v) is 7.31. The molecule has 0 radical (unpaired) electrons. The lowest BCUT2D eigenvalue weighted by Crippen LogP contribution is -2.41. The van der Waals surface area contributed by atoms with Gasteiger partial charge in [-0.2, -0.15) is 11.3 Å². The molecule has 0 bridgehead atoms. The lowest BCUT2D eigenvalue weighted by Gasteiger charge is -2.37. The predicted octanol–water partition coefficient (Wildman–Crippen LogP) is 1.84. The Hall–Kier alpha value is -0.420. The molecular formula is C13H22N2OS. The van der Waals surface area contributed by atoms with Crippen molar-refractivity contribution in [2.75, 3.05) is 19.6 Å². The lowest BCUT2D eigenvalue weighted by molar-refractivity contribution is 0.0569. The van der Waals surface area contributed by atoms with Crippen LogP contribution in [0, 0.1) is 5.92 Å². The molecule has 2 atom stereocenters. The van der Waals surface area contributed by atoms with E-state index in [2.05, 4.69) is 21.7 Å². The highest BCUT2D eigenvalue weighted by Gasteiger charge is 2.27. The van der Waals surface area contributed by atoms with Gasteiger partial charge in [0.15, 0.2) is 0 Å². The smallest absolute Gasteiger partial charge is 0.0541 e. The van der Waals surface area contributed by atoms with Crippen molar-refractivity contribution in [2.45, 2.75) is 31.9 Å². The molecule has 1 aliphatic heterocycles. The van der Waals surface area contributed by atoms with Crippen molar-refractivity contribution in [2.24, 2.45) is 11.7 Å². The molecule has 4 heteroatoms. The summed E-state index contributed by atoms with van der Waals surface area (Å²) >= 11 is 1.73. The minimum atomic E-state index is -0.172. The number of likely N-dealkylation sites (tertiary alicyclic amines) is 1. The summed E-state index contributed by atoms with van der Waals surface area (Å²) in [5.74, 6) is 0.465. The van der Waals surface area contributed by atoms with Crippen LogP contribution in [0.15, 0.2) is 16.8 Å². The van der Waals surface area contributed by atoms with Crippen molar-refractivity contribution in [3.63, 3.8) is 0 Å². The number of hydrogen-bond acceptors (Lipinski definition) is 4. The Bertz CT molecular complexity index is 318. The van der Waals surface area contributed by atoms with Crippen molar-refractivity contribution in [1.29, 1.82) is 0 Å². The van der Waals surface area contributed by atoms with E-state index in [1.807, 2.05) is 6.92 Å². The molecule has 3 N–H and O–H groups in total. The number of aliphatic hydroxyl groups excluding tert-OH is 1. The highest BCUT2D eigenvalue weighted by molar-refractivity contribution is 7.07. The van der Waals surface area contributed by atoms with E-state index in [0.29, 0.717) is 18.5 Å². The molecule has 1 aromatic rings. The van der Waals surface area contributed by atoms with Gasteiger partial charge in [-0.05, 0) is 61.2 Å². The second kappa shape index (κ2) is 5.96. The highest BCUT2D eigenvalue weighted by atomic mass is 32.1. The number of piperidine rings is 1. The molecule has 0 spiro atoms. The van der Waals surface area contributed by atoms with Gasteiger partial charge in [0.1, 0.15) is 0 Å². The van der Waals surface area contributed by atoms with Crippen molar-refractivity contribution in [1.82, 2.24) is 4.90 Å². The average Bonchev–Trinajstić information content (AvgIpc) is 2.84. The topological polar surface area (TPSA) is 49.5 Å². The molecule has 2 heterocycles. The number of aliphatic hydroxyl groups is 1. The lowest BCUT2D eigenvalue weighted by atomic mass is 9.91. The van der Waals surface area contributed by atoms with Gasteiger partial charge in [0.25, 0.3) is 0 Å². The van der Waals surface area contributed by atoms with E-state index in [4.69, 9.17) is 5.73 Å². The van der Waals surface area contributed by atoms with Crippen LogP contribution in [0.1, 0.15) is 31.4 Å². The molecule has 0 amide bonds. The van der Waals surface area contributed by atoms with E-state index in [1.54, 1.807) is 11.3 Å². The minimum absolute atomic E-state index is 0.172. The van der Waals surface area contributed by atoms with E-state index in [1.165, 1.54) is 5.56 Å². The molecule has 1 aliphatic rings. The summed E-state index contributed by atoms with van der Waals surface area (Å²) in [6.07, 6.45) is 1.99. The fourth-order valence-electron chi connectivity index (χ4n) is 2.67. The van der Waals surface area contributed by atoms with Gasteiger partial charge < -0.3 is 10.8 Å². The van der Waals surface area contributed by atoms with E-state index < -0.39 is 0 Å². The molecule has 1 aromatic heterocycles. The zero-order chi connectivity index (χ0) is 12.3. The molecule has 2 unspecified atom stereocenters. The monoisotopic (exact) mass is 254 g/mol. The van der Waals surface area contributed by atoms with Gasteiger partial charge in [-0.1, -0.05) is 0 Å². The third-order valence-electron chi connectivity index (χ3n) is 3.85. The van der Waals surface area contributed by atoms with Crippen LogP contribution < -0.4 is 5.73 Å². The first-order valence-electron chi connectivity index (χ1n) is 6.36. The van der Waals surface area contributed by atoms with E-state index in [9.17, 15) is 5.11 Å². The second-order valence-electron chi connectivity index (χ2n) is 4.92. The van der Waals surface area contributed by atoms with Gasteiger partial charge in [-0.3, -0.25) is 4.90 Å². The van der Waals surface area contributed by atoms with Crippen LogP contribution in [-0.4, -0.2) is 35.7 Å². The fraction of sp³-hybridized carbons (Fsp3) is 0.692. The maximum absolute atomic E-state index is 9.60. The molecule has 2 rings (SSSR count).